The summed E-state index contributed by atoms with van der Waals surface area (Å²) in [4.78, 5) is 23.7. The van der Waals surface area contributed by atoms with E-state index < -0.39 is 17.3 Å². The van der Waals surface area contributed by atoms with Crippen molar-refractivity contribution in [2.24, 2.45) is 28.6 Å². The number of esters is 1. The number of aliphatic hydroxyl groups is 2. The van der Waals surface area contributed by atoms with Crippen LogP contribution in [0.25, 0.3) is 0 Å². The van der Waals surface area contributed by atoms with Gasteiger partial charge in [-0.25, -0.2) is 4.79 Å². The highest BCUT2D eigenvalue weighted by atomic mass is 16.7. The van der Waals surface area contributed by atoms with Crippen LogP contribution < -0.4 is 5.63 Å². The minimum atomic E-state index is -0.421. The average Bonchev–Trinajstić information content (AvgIpc) is 3.49. The molecular formula is C26H34O7. The zero-order valence-electron chi connectivity index (χ0n) is 19.4. The first-order chi connectivity index (χ1) is 15.8. The highest BCUT2D eigenvalue weighted by molar-refractivity contribution is 5.66. The summed E-state index contributed by atoms with van der Waals surface area (Å²) < 4.78 is 17.7. The van der Waals surface area contributed by atoms with Crippen LogP contribution in [0.2, 0.25) is 0 Å². The van der Waals surface area contributed by atoms with E-state index in [9.17, 15) is 19.8 Å². The van der Waals surface area contributed by atoms with Crippen molar-refractivity contribution >= 4 is 5.97 Å². The van der Waals surface area contributed by atoms with Crippen LogP contribution >= 0.6 is 0 Å². The third kappa shape index (κ3) is 2.73. The van der Waals surface area contributed by atoms with E-state index in [1.165, 1.54) is 19.3 Å². The SMILES string of the molecule is CC(=O)O[C@H]1[C@H]2O[C@]23[C@@H]2CC[C@@H]4C[C@@H](O)CC[C@]4(CO)[C@H]2CC[C@]3(C)[C@H]1c1ccc(=O)oc1. The Morgan fingerprint density at radius 1 is 1.18 bits per heavy atom. The minimum absolute atomic E-state index is 0.110. The lowest BCUT2D eigenvalue weighted by atomic mass is 9.43. The molecule has 7 heteroatoms. The third-order valence-corrected chi connectivity index (χ3v) is 10.5. The summed E-state index contributed by atoms with van der Waals surface area (Å²) in [6.07, 6.45) is 6.89. The van der Waals surface area contributed by atoms with E-state index in [0.717, 1.165) is 50.5 Å². The summed E-state index contributed by atoms with van der Waals surface area (Å²) in [5.74, 6) is 0.510. The van der Waals surface area contributed by atoms with Crippen molar-refractivity contribution in [1.82, 2.24) is 0 Å². The number of hydrogen-bond acceptors (Lipinski definition) is 7. The number of carbonyl (C=O) groups is 1. The van der Waals surface area contributed by atoms with Crippen LogP contribution in [-0.4, -0.2) is 46.7 Å². The molecule has 10 atom stereocenters. The topological polar surface area (TPSA) is 110 Å². The van der Waals surface area contributed by atoms with Gasteiger partial charge < -0.3 is 24.1 Å². The second kappa shape index (κ2) is 7.15. The summed E-state index contributed by atoms with van der Waals surface area (Å²) in [6.45, 7) is 3.85. The molecule has 7 nitrogen and oxygen atoms in total. The van der Waals surface area contributed by atoms with Crippen LogP contribution in [0.4, 0.5) is 0 Å². The number of ether oxygens (including phenoxy) is 2. The number of rotatable bonds is 3. The molecule has 180 valence electrons. The summed E-state index contributed by atoms with van der Waals surface area (Å²) in [7, 11) is 0. The Balaban J connectivity index is 1.42. The first-order valence-electron chi connectivity index (χ1n) is 12.5. The molecule has 1 saturated heterocycles. The van der Waals surface area contributed by atoms with Crippen LogP contribution in [0.3, 0.4) is 0 Å². The second-order valence-electron chi connectivity index (χ2n) is 11.5. The molecule has 5 fully saturated rings. The van der Waals surface area contributed by atoms with E-state index in [1.54, 1.807) is 6.07 Å². The Labute approximate surface area is 193 Å². The molecule has 1 spiro atoms. The number of fused-ring (bicyclic) bond motifs is 3. The van der Waals surface area contributed by atoms with Crippen LogP contribution in [0, 0.1) is 28.6 Å². The molecule has 2 heterocycles. The summed E-state index contributed by atoms with van der Waals surface area (Å²) in [5, 5.41) is 21.0. The van der Waals surface area contributed by atoms with Crippen LogP contribution in [0.15, 0.2) is 27.6 Å². The van der Waals surface area contributed by atoms with E-state index in [1.807, 2.05) is 0 Å². The fourth-order valence-corrected chi connectivity index (χ4v) is 9.20. The van der Waals surface area contributed by atoms with Gasteiger partial charge in [0.15, 0.2) is 0 Å². The molecule has 0 bridgehead atoms. The zero-order chi connectivity index (χ0) is 23.2. The van der Waals surface area contributed by atoms with Crippen molar-refractivity contribution in [3.63, 3.8) is 0 Å². The predicted octanol–water partition coefficient (Wildman–Crippen LogP) is 2.77. The maximum absolute atomic E-state index is 12.1. The molecule has 33 heavy (non-hydrogen) atoms. The van der Waals surface area contributed by atoms with Gasteiger partial charge in [0.1, 0.15) is 17.8 Å². The van der Waals surface area contributed by atoms with Crippen molar-refractivity contribution in [3.05, 3.63) is 34.4 Å². The first kappa shape index (κ1) is 21.8. The maximum Gasteiger partial charge on any atom is 0.335 e. The van der Waals surface area contributed by atoms with Gasteiger partial charge in [0.05, 0.1) is 12.4 Å². The number of hydrogen-bond donors (Lipinski definition) is 2. The van der Waals surface area contributed by atoms with Gasteiger partial charge in [-0.2, -0.15) is 0 Å². The van der Waals surface area contributed by atoms with Gasteiger partial charge in [0.2, 0.25) is 0 Å². The molecule has 4 aliphatic carbocycles. The van der Waals surface area contributed by atoms with E-state index in [2.05, 4.69) is 6.92 Å². The first-order valence-corrected chi connectivity index (χ1v) is 12.5. The Hall–Kier alpha value is -1.70. The second-order valence-corrected chi connectivity index (χ2v) is 11.5. The van der Waals surface area contributed by atoms with E-state index in [4.69, 9.17) is 13.9 Å². The van der Waals surface area contributed by atoms with Gasteiger partial charge in [0, 0.05) is 30.9 Å². The van der Waals surface area contributed by atoms with Gasteiger partial charge in [0.25, 0.3) is 0 Å². The molecule has 2 N–H and O–H groups in total. The quantitative estimate of drug-likeness (QED) is 0.529. The van der Waals surface area contributed by atoms with Crippen LogP contribution in [0.1, 0.15) is 70.3 Å². The van der Waals surface area contributed by atoms with Crippen LogP contribution in [-0.2, 0) is 14.3 Å². The van der Waals surface area contributed by atoms with E-state index in [-0.39, 0.29) is 47.4 Å². The molecule has 5 aliphatic rings. The highest BCUT2D eigenvalue weighted by Crippen LogP contribution is 2.78. The third-order valence-electron chi connectivity index (χ3n) is 10.5. The molecule has 1 aromatic rings. The molecule has 0 aromatic carbocycles. The van der Waals surface area contributed by atoms with E-state index in [0.29, 0.717) is 11.8 Å². The van der Waals surface area contributed by atoms with Gasteiger partial charge in [-0.3, -0.25) is 4.79 Å². The average molecular weight is 459 g/mol. The largest absolute Gasteiger partial charge is 0.459 e. The van der Waals surface area contributed by atoms with Gasteiger partial charge in [-0.1, -0.05) is 6.92 Å². The summed E-state index contributed by atoms with van der Waals surface area (Å²) in [6, 6.07) is 3.24. The number of epoxide rings is 1. The Kier molecular flexibility index (Phi) is 4.73. The summed E-state index contributed by atoms with van der Waals surface area (Å²) >= 11 is 0. The Morgan fingerprint density at radius 3 is 2.70 bits per heavy atom. The lowest BCUT2D eigenvalue weighted by molar-refractivity contribution is -0.169. The monoisotopic (exact) mass is 458 g/mol. The van der Waals surface area contributed by atoms with Gasteiger partial charge >= 0.3 is 11.6 Å². The molecule has 0 radical (unpaired) electrons. The van der Waals surface area contributed by atoms with Crippen molar-refractivity contribution in [1.29, 1.82) is 0 Å². The van der Waals surface area contributed by atoms with Crippen molar-refractivity contribution in [3.8, 4) is 0 Å². The van der Waals surface area contributed by atoms with Gasteiger partial charge in [-0.05, 0) is 79.7 Å². The molecule has 4 saturated carbocycles. The molecule has 1 aliphatic heterocycles. The molecule has 0 unspecified atom stereocenters. The zero-order valence-corrected chi connectivity index (χ0v) is 19.4. The molecule has 6 rings (SSSR count). The van der Waals surface area contributed by atoms with Crippen LogP contribution in [0.5, 0.6) is 0 Å². The van der Waals surface area contributed by atoms with Crippen molar-refractivity contribution in [2.45, 2.75) is 88.6 Å². The lowest BCUT2D eigenvalue weighted by Crippen LogP contribution is -2.60. The standard InChI is InChI=1S/C26H34O7/c1-14(28)32-22-21(15-3-6-20(30)31-12-15)24(2)9-8-18-19(26(24)23(22)33-26)5-4-16-11-17(29)7-10-25(16,18)13-27/h3,6,12,16-19,21-23,27,29H,4-5,7-11,13H2,1-2H3/t16-,17+,18+,19-,21+,22-,23-,24-,25-,26-/m1/s1. The molecular weight excluding hydrogens is 424 g/mol. The summed E-state index contributed by atoms with van der Waals surface area (Å²) in [5.41, 5.74) is -0.350. The predicted molar refractivity (Wildman–Crippen MR) is 117 cm³/mol. The number of aliphatic hydroxyl groups excluding tert-OH is 2. The maximum atomic E-state index is 12.1. The number of carbonyl (C=O) groups excluding carboxylic acids is 1. The van der Waals surface area contributed by atoms with E-state index >= 15 is 0 Å². The Morgan fingerprint density at radius 2 is 2.00 bits per heavy atom. The minimum Gasteiger partial charge on any atom is -0.459 e. The van der Waals surface area contributed by atoms with Gasteiger partial charge in [-0.15, -0.1) is 0 Å². The smallest absolute Gasteiger partial charge is 0.335 e. The lowest BCUT2D eigenvalue weighted by Gasteiger charge is -2.61. The van der Waals surface area contributed by atoms with Crippen molar-refractivity contribution in [2.75, 3.05) is 6.61 Å². The highest BCUT2D eigenvalue weighted by Gasteiger charge is 2.85. The normalized spacial score (nSPS) is 49.9. The molecule has 1 aromatic heterocycles. The fraction of sp³-hybridized carbons (Fsp3) is 0.769. The fourth-order valence-electron chi connectivity index (χ4n) is 9.20. The molecule has 0 amide bonds. The van der Waals surface area contributed by atoms with Crippen molar-refractivity contribution < 1.29 is 28.9 Å². The Bertz CT molecular complexity index is 1000.